The molecule has 232 valence electrons. The van der Waals surface area contributed by atoms with Gasteiger partial charge in [0, 0.05) is 64.9 Å². The molecule has 0 aromatic carbocycles. The number of halogens is 3. The first-order valence-corrected chi connectivity index (χ1v) is 14.4. The van der Waals surface area contributed by atoms with Gasteiger partial charge in [0.2, 0.25) is 5.88 Å². The number of anilines is 1. The highest BCUT2D eigenvalue weighted by Crippen LogP contribution is 2.43. The quantitative estimate of drug-likeness (QED) is 0.163. The van der Waals surface area contributed by atoms with E-state index in [1.807, 2.05) is 0 Å². The van der Waals surface area contributed by atoms with E-state index in [0.29, 0.717) is 30.5 Å². The van der Waals surface area contributed by atoms with Crippen LogP contribution in [-0.2, 0) is 6.18 Å². The van der Waals surface area contributed by atoms with Gasteiger partial charge in [0.25, 0.3) is 5.91 Å². The zero-order chi connectivity index (χ0) is 31.7. The molecule has 0 spiro atoms. The second-order valence-electron chi connectivity index (χ2n) is 11.5. The molecule has 3 aromatic rings. The summed E-state index contributed by atoms with van der Waals surface area (Å²) in [6, 6.07) is 2.37. The number of thiazole rings is 1. The van der Waals surface area contributed by atoms with Crippen molar-refractivity contribution in [2.45, 2.75) is 70.8 Å². The predicted octanol–water partition coefficient (Wildman–Crippen LogP) is 5.06. The van der Waals surface area contributed by atoms with Crippen molar-refractivity contribution in [3.8, 4) is 27.6 Å². The molecule has 15 heteroatoms. The highest BCUT2D eigenvalue weighted by molar-refractivity contribution is 7.13. The Kier molecular flexibility index (Phi) is 9.00. The van der Waals surface area contributed by atoms with Crippen molar-refractivity contribution in [3.05, 3.63) is 41.2 Å². The fourth-order valence-electron chi connectivity index (χ4n) is 5.23. The highest BCUT2D eigenvalue weighted by Gasteiger charge is 2.44. The van der Waals surface area contributed by atoms with Gasteiger partial charge in [-0.15, -0.1) is 11.3 Å². The maximum Gasteiger partial charge on any atom is 0.434 e. The smallest absolute Gasteiger partial charge is 0.434 e. The Morgan fingerprint density at radius 3 is 2.35 bits per heavy atom. The average molecular weight is 621 g/mol. The van der Waals surface area contributed by atoms with Gasteiger partial charge in [0.1, 0.15) is 16.9 Å². The lowest BCUT2D eigenvalue weighted by Gasteiger charge is -2.53. The lowest BCUT2D eigenvalue weighted by atomic mass is 9.78. The number of amides is 3. The van der Waals surface area contributed by atoms with Gasteiger partial charge in [-0.25, -0.2) is 25.6 Å². The molecule has 4 rings (SSSR count). The number of likely N-dealkylation sites (tertiary alicyclic amines) is 1. The van der Waals surface area contributed by atoms with Gasteiger partial charge in [-0.3, -0.25) is 20.4 Å². The van der Waals surface area contributed by atoms with Crippen molar-refractivity contribution in [1.82, 2.24) is 30.6 Å². The summed E-state index contributed by atoms with van der Waals surface area (Å²) in [5, 5.41) is 6.08. The molecular weight excluding hydrogens is 585 g/mol. The Labute approximate surface area is 251 Å². The van der Waals surface area contributed by atoms with E-state index in [-0.39, 0.29) is 45.0 Å². The van der Waals surface area contributed by atoms with Gasteiger partial charge >= 0.3 is 12.2 Å². The van der Waals surface area contributed by atoms with Crippen LogP contribution in [0.15, 0.2) is 29.9 Å². The third-order valence-corrected chi connectivity index (χ3v) is 8.47. The minimum Gasteiger partial charge on any atom is -0.474 e. The number of nitrogen functional groups attached to an aromatic ring is 1. The first-order valence-electron chi connectivity index (χ1n) is 13.6. The standard InChI is InChI=1S/C28H35F3N8O3S/c1-7-33-25(41)37-21-9-18(24-36-20(14-43-24)28(29,30)31)19(13-34-21)17-8-15(22(40)38-32)12-35-23(17)42-16-10-26(2,3)39(6)27(4,5)11-16/h8-9,12-14,16H,7,10-11,32H2,1-6H3,(H,38,40)(H2,33,34,37,41). The number of hydrogen-bond donors (Lipinski definition) is 4. The molecule has 1 aliphatic heterocycles. The molecule has 1 aliphatic rings. The number of piperidine rings is 1. The summed E-state index contributed by atoms with van der Waals surface area (Å²) in [5.41, 5.74) is 1.50. The van der Waals surface area contributed by atoms with Crippen LogP contribution in [0, 0.1) is 0 Å². The van der Waals surface area contributed by atoms with E-state index >= 15 is 0 Å². The number of nitrogens with one attached hydrogen (secondary N) is 3. The van der Waals surface area contributed by atoms with Crippen molar-refractivity contribution in [2.75, 3.05) is 18.9 Å². The first-order chi connectivity index (χ1) is 20.1. The van der Waals surface area contributed by atoms with Gasteiger partial charge in [-0.2, -0.15) is 13.2 Å². The molecule has 3 aromatic heterocycles. The molecule has 0 aliphatic carbocycles. The Bertz CT molecular complexity index is 1490. The Hall–Kier alpha value is -3.82. The van der Waals surface area contributed by atoms with Crippen LogP contribution >= 0.6 is 11.3 Å². The third kappa shape index (κ3) is 7.05. The van der Waals surface area contributed by atoms with Gasteiger partial charge in [0.15, 0.2) is 5.69 Å². The third-order valence-electron chi connectivity index (χ3n) is 7.59. The molecular formula is C28H35F3N8O3S. The number of ether oxygens (including phenoxy) is 1. The van der Waals surface area contributed by atoms with E-state index in [1.165, 1.54) is 24.5 Å². The second-order valence-corrected chi connectivity index (χ2v) is 12.4. The number of nitrogens with zero attached hydrogens (tertiary/aromatic N) is 4. The van der Waals surface area contributed by atoms with E-state index in [9.17, 15) is 22.8 Å². The normalized spacial score (nSPS) is 16.9. The maximum atomic E-state index is 13.5. The van der Waals surface area contributed by atoms with E-state index in [2.05, 4.69) is 70.7 Å². The Balaban J connectivity index is 1.87. The van der Waals surface area contributed by atoms with Crippen molar-refractivity contribution < 1.29 is 27.5 Å². The van der Waals surface area contributed by atoms with Crippen LogP contribution in [0.5, 0.6) is 5.88 Å². The molecule has 0 radical (unpaired) electrons. The molecule has 0 unspecified atom stereocenters. The summed E-state index contributed by atoms with van der Waals surface area (Å²) in [5.74, 6) is 4.99. The maximum absolute atomic E-state index is 13.5. The zero-order valence-electron chi connectivity index (χ0n) is 24.7. The topological polar surface area (TPSA) is 147 Å². The predicted molar refractivity (Wildman–Crippen MR) is 157 cm³/mol. The molecule has 4 heterocycles. The monoisotopic (exact) mass is 620 g/mol. The molecule has 5 N–H and O–H groups in total. The van der Waals surface area contributed by atoms with Gasteiger partial charge < -0.3 is 10.1 Å². The summed E-state index contributed by atoms with van der Waals surface area (Å²) in [7, 11) is 2.07. The second kappa shape index (κ2) is 12.1. The summed E-state index contributed by atoms with van der Waals surface area (Å²) in [6.07, 6.45) is -0.903. The molecule has 43 heavy (non-hydrogen) atoms. The number of carbonyl (C=O) groups excluding carboxylic acids is 2. The molecule has 1 saturated heterocycles. The fraction of sp³-hybridized carbons (Fsp3) is 0.464. The Morgan fingerprint density at radius 1 is 1.09 bits per heavy atom. The molecule has 1 fully saturated rings. The van der Waals surface area contributed by atoms with Crippen LogP contribution in [0.4, 0.5) is 23.8 Å². The van der Waals surface area contributed by atoms with Crippen LogP contribution in [0.2, 0.25) is 0 Å². The molecule has 3 amide bonds. The van der Waals surface area contributed by atoms with Crippen LogP contribution in [0.1, 0.15) is 63.5 Å². The minimum atomic E-state index is -4.66. The fourth-order valence-corrected chi connectivity index (χ4v) is 6.09. The Morgan fingerprint density at radius 2 is 1.77 bits per heavy atom. The number of hydrogen-bond acceptors (Lipinski definition) is 9. The van der Waals surface area contributed by atoms with Crippen LogP contribution < -0.4 is 26.6 Å². The van der Waals surface area contributed by atoms with Gasteiger partial charge in [0.05, 0.1) is 5.56 Å². The molecule has 0 bridgehead atoms. The summed E-state index contributed by atoms with van der Waals surface area (Å²) < 4.78 is 47.0. The lowest BCUT2D eigenvalue weighted by Crippen LogP contribution is -2.60. The SMILES string of the molecule is CCNC(=O)Nc1cc(-c2nc(C(F)(F)F)cs2)c(-c2cc(C(=O)NN)cnc2OC2CC(C)(C)N(C)C(C)(C)C2)cn1. The molecule has 0 atom stereocenters. The highest BCUT2D eigenvalue weighted by atomic mass is 32.1. The van der Waals surface area contributed by atoms with E-state index in [0.717, 1.165) is 16.7 Å². The van der Waals surface area contributed by atoms with E-state index < -0.39 is 23.8 Å². The van der Waals surface area contributed by atoms with E-state index in [4.69, 9.17) is 10.6 Å². The van der Waals surface area contributed by atoms with Crippen molar-refractivity contribution in [1.29, 1.82) is 0 Å². The number of carbonyl (C=O) groups is 2. The zero-order valence-corrected chi connectivity index (χ0v) is 25.5. The lowest BCUT2D eigenvalue weighted by molar-refractivity contribution is -0.140. The number of urea groups is 1. The van der Waals surface area contributed by atoms with Gasteiger partial charge in [-0.1, -0.05) is 0 Å². The van der Waals surface area contributed by atoms with Crippen LogP contribution in [0.3, 0.4) is 0 Å². The summed E-state index contributed by atoms with van der Waals surface area (Å²) in [4.78, 5) is 39.6. The van der Waals surface area contributed by atoms with Crippen molar-refractivity contribution >= 4 is 29.1 Å². The molecule has 0 saturated carbocycles. The molecule has 11 nitrogen and oxygen atoms in total. The number of nitrogens with two attached hydrogens (primary N) is 1. The number of pyridine rings is 2. The van der Waals surface area contributed by atoms with Crippen molar-refractivity contribution in [3.63, 3.8) is 0 Å². The number of alkyl halides is 3. The van der Waals surface area contributed by atoms with E-state index in [1.54, 1.807) is 6.92 Å². The minimum absolute atomic E-state index is 0.0184. The number of rotatable bonds is 7. The summed E-state index contributed by atoms with van der Waals surface area (Å²) >= 11 is 0.779. The van der Waals surface area contributed by atoms with Gasteiger partial charge in [-0.05, 0) is 53.8 Å². The summed E-state index contributed by atoms with van der Waals surface area (Å²) in [6.45, 7) is 10.6. The van der Waals surface area contributed by atoms with Crippen molar-refractivity contribution in [2.24, 2.45) is 5.84 Å². The van der Waals surface area contributed by atoms with Crippen LogP contribution in [-0.4, -0.2) is 62.6 Å². The largest absolute Gasteiger partial charge is 0.474 e. The average Bonchev–Trinajstić information content (AvgIpc) is 3.43. The number of hydrazine groups is 1. The first kappa shape index (κ1) is 32.1. The number of aromatic nitrogens is 3. The van der Waals surface area contributed by atoms with Crippen LogP contribution in [0.25, 0.3) is 21.7 Å².